The van der Waals surface area contributed by atoms with Gasteiger partial charge < -0.3 is 0 Å². The largest absolute Gasteiger partial charge is 0.237 e. The summed E-state index contributed by atoms with van der Waals surface area (Å²) in [6.45, 7) is 5.95. The Morgan fingerprint density at radius 3 is 2.20 bits per heavy atom. The fraction of sp³-hybridized carbons (Fsp3) is 0.909. The predicted molar refractivity (Wildman–Crippen MR) is 58.5 cm³/mol. The highest BCUT2D eigenvalue weighted by molar-refractivity contribution is 5.34. The van der Waals surface area contributed by atoms with E-state index < -0.39 is 5.66 Å². The van der Waals surface area contributed by atoms with Crippen LogP contribution in [0.3, 0.4) is 0 Å². The fourth-order valence-electron chi connectivity index (χ4n) is 1.68. The molecule has 15 heavy (non-hydrogen) atoms. The molecule has 0 radical (unpaired) electrons. The van der Waals surface area contributed by atoms with Crippen molar-refractivity contribution < 1.29 is 4.79 Å². The molecule has 0 aromatic rings. The molecule has 0 heterocycles. The Hall–Kier alpha value is -1.02. The number of azo groups is 1. The first-order chi connectivity index (χ1) is 6.97. The molecule has 0 amide bonds. The Balaban J connectivity index is 2.81. The Morgan fingerprint density at radius 2 is 1.73 bits per heavy atom. The normalized spacial score (nSPS) is 21.3. The van der Waals surface area contributed by atoms with Crippen LogP contribution in [0.1, 0.15) is 52.9 Å². The van der Waals surface area contributed by atoms with Crippen LogP contribution in [0.5, 0.6) is 0 Å². The van der Waals surface area contributed by atoms with Crippen molar-refractivity contribution in [3.05, 3.63) is 0 Å². The minimum absolute atomic E-state index is 0.206. The van der Waals surface area contributed by atoms with Crippen LogP contribution in [0.25, 0.3) is 0 Å². The third-order valence-corrected chi connectivity index (χ3v) is 2.44. The molecule has 1 saturated carbocycles. The first-order valence-corrected chi connectivity index (χ1v) is 5.51. The highest BCUT2D eigenvalue weighted by atomic mass is 16.1. The number of aliphatic imine (C=N–C) groups is 1. The fourth-order valence-corrected chi connectivity index (χ4v) is 1.68. The lowest BCUT2D eigenvalue weighted by atomic mass is 9.90. The van der Waals surface area contributed by atoms with E-state index in [4.69, 9.17) is 0 Å². The first kappa shape index (κ1) is 12.1. The van der Waals surface area contributed by atoms with Crippen LogP contribution in [-0.2, 0) is 4.79 Å². The molecule has 1 rings (SSSR count). The summed E-state index contributed by atoms with van der Waals surface area (Å²) in [6.07, 6.45) is 6.60. The van der Waals surface area contributed by atoms with Gasteiger partial charge in [0, 0.05) is 0 Å². The summed E-state index contributed by atoms with van der Waals surface area (Å²) in [4.78, 5) is 14.3. The number of carbonyl (C=O) groups excluding carboxylic acids is 1. The van der Waals surface area contributed by atoms with Gasteiger partial charge in [-0.15, -0.1) is 0 Å². The van der Waals surface area contributed by atoms with Crippen molar-refractivity contribution in [2.45, 2.75) is 64.1 Å². The Kier molecular flexibility index (Phi) is 3.75. The molecule has 0 saturated heterocycles. The molecule has 0 bridgehead atoms. The van der Waals surface area contributed by atoms with Gasteiger partial charge in [0.15, 0.2) is 5.66 Å². The number of hydrogen-bond donors (Lipinski definition) is 0. The molecule has 4 heteroatoms. The molecule has 0 atom stereocenters. The maximum Gasteiger partial charge on any atom is 0.237 e. The van der Waals surface area contributed by atoms with E-state index in [1.54, 1.807) is 6.08 Å². The van der Waals surface area contributed by atoms with Gasteiger partial charge in [-0.1, -0.05) is 6.42 Å². The lowest BCUT2D eigenvalue weighted by Gasteiger charge is -2.27. The van der Waals surface area contributed by atoms with Crippen molar-refractivity contribution >= 4 is 6.08 Å². The highest BCUT2D eigenvalue weighted by Crippen LogP contribution is 2.33. The van der Waals surface area contributed by atoms with Gasteiger partial charge in [0.25, 0.3) is 0 Å². The molecule has 84 valence electrons. The SMILES string of the molecule is CC(C)(C)N=NC1(N=C=O)CCCCC1. The van der Waals surface area contributed by atoms with Gasteiger partial charge in [-0.3, -0.25) is 0 Å². The van der Waals surface area contributed by atoms with Gasteiger partial charge in [-0.05, 0) is 46.5 Å². The Bertz CT molecular complexity index is 279. The topological polar surface area (TPSA) is 54.1 Å². The molecular weight excluding hydrogens is 190 g/mol. The van der Waals surface area contributed by atoms with E-state index in [1.807, 2.05) is 20.8 Å². The zero-order valence-electron chi connectivity index (χ0n) is 9.79. The molecule has 1 aliphatic carbocycles. The second-order valence-electron chi connectivity index (χ2n) is 5.12. The zero-order chi connectivity index (χ0) is 11.4. The van der Waals surface area contributed by atoms with Crippen molar-refractivity contribution in [2.24, 2.45) is 15.2 Å². The summed E-state index contributed by atoms with van der Waals surface area (Å²) >= 11 is 0. The quantitative estimate of drug-likeness (QED) is 0.391. The number of rotatable bonds is 2. The van der Waals surface area contributed by atoms with Crippen molar-refractivity contribution in [3.8, 4) is 0 Å². The van der Waals surface area contributed by atoms with Crippen LogP contribution in [0.2, 0.25) is 0 Å². The minimum Gasteiger partial charge on any atom is -0.211 e. The smallest absolute Gasteiger partial charge is 0.211 e. The number of nitrogens with zero attached hydrogens (tertiary/aromatic N) is 3. The van der Waals surface area contributed by atoms with Gasteiger partial charge in [0.05, 0.1) is 5.54 Å². The van der Waals surface area contributed by atoms with E-state index >= 15 is 0 Å². The molecule has 4 nitrogen and oxygen atoms in total. The number of isocyanates is 1. The summed E-state index contributed by atoms with van der Waals surface area (Å²) in [5.74, 6) is 0. The van der Waals surface area contributed by atoms with Crippen LogP contribution in [-0.4, -0.2) is 17.3 Å². The van der Waals surface area contributed by atoms with E-state index in [0.29, 0.717) is 0 Å². The van der Waals surface area contributed by atoms with Gasteiger partial charge in [0.2, 0.25) is 6.08 Å². The van der Waals surface area contributed by atoms with E-state index in [1.165, 1.54) is 6.42 Å². The third kappa shape index (κ3) is 3.92. The maximum absolute atomic E-state index is 10.4. The monoisotopic (exact) mass is 209 g/mol. The summed E-state index contributed by atoms with van der Waals surface area (Å²) < 4.78 is 0. The minimum atomic E-state index is -0.604. The average Bonchev–Trinajstić information content (AvgIpc) is 2.16. The first-order valence-electron chi connectivity index (χ1n) is 5.51. The zero-order valence-corrected chi connectivity index (χ0v) is 9.79. The van der Waals surface area contributed by atoms with E-state index in [-0.39, 0.29) is 5.54 Å². The average molecular weight is 209 g/mol. The van der Waals surface area contributed by atoms with Crippen molar-refractivity contribution in [3.63, 3.8) is 0 Å². The molecule has 1 aliphatic rings. The second kappa shape index (κ2) is 4.67. The Labute approximate surface area is 90.9 Å². The van der Waals surface area contributed by atoms with Gasteiger partial charge in [0.1, 0.15) is 0 Å². The van der Waals surface area contributed by atoms with Crippen molar-refractivity contribution in [1.82, 2.24) is 0 Å². The maximum atomic E-state index is 10.4. The van der Waals surface area contributed by atoms with Crippen LogP contribution in [0.4, 0.5) is 0 Å². The van der Waals surface area contributed by atoms with Crippen LogP contribution < -0.4 is 0 Å². The van der Waals surface area contributed by atoms with Crippen LogP contribution in [0.15, 0.2) is 15.2 Å². The van der Waals surface area contributed by atoms with Gasteiger partial charge in [-0.25, -0.2) is 4.79 Å². The molecule has 0 N–H and O–H groups in total. The van der Waals surface area contributed by atoms with Crippen molar-refractivity contribution in [1.29, 1.82) is 0 Å². The molecule has 0 aromatic carbocycles. The molecular formula is C11H19N3O. The summed E-state index contributed by atoms with van der Waals surface area (Å²) in [5.41, 5.74) is -0.809. The highest BCUT2D eigenvalue weighted by Gasteiger charge is 2.32. The van der Waals surface area contributed by atoms with E-state index in [0.717, 1.165) is 25.7 Å². The van der Waals surface area contributed by atoms with Crippen LogP contribution in [0, 0.1) is 0 Å². The second-order valence-corrected chi connectivity index (χ2v) is 5.12. The van der Waals surface area contributed by atoms with Gasteiger partial charge >= 0.3 is 0 Å². The van der Waals surface area contributed by atoms with Crippen molar-refractivity contribution in [2.75, 3.05) is 0 Å². The standard InChI is InChI=1S/C11H19N3O/c1-10(2,3)13-14-11(12-9-15)7-5-4-6-8-11/h4-8H2,1-3H3. The molecule has 0 aliphatic heterocycles. The lowest BCUT2D eigenvalue weighted by Crippen LogP contribution is -2.27. The summed E-state index contributed by atoms with van der Waals surface area (Å²) in [7, 11) is 0. The van der Waals surface area contributed by atoms with Crippen LogP contribution >= 0.6 is 0 Å². The lowest BCUT2D eigenvalue weighted by molar-refractivity contribution is 0.286. The van der Waals surface area contributed by atoms with E-state index in [9.17, 15) is 4.79 Å². The summed E-state index contributed by atoms with van der Waals surface area (Å²) in [6, 6.07) is 0. The summed E-state index contributed by atoms with van der Waals surface area (Å²) in [5, 5.41) is 8.49. The predicted octanol–water partition coefficient (Wildman–Crippen LogP) is 3.23. The number of hydrogen-bond acceptors (Lipinski definition) is 4. The molecule has 0 spiro atoms. The van der Waals surface area contributed by atoms with E-state index in [2.05, 4.69) is 15.2 Å². The van der Waals surface area contributed by atoms with Gasteiger partial charge in [-0.2, -0.15) is 15.2 Å². The molecule has 1 fully saturated rings. The molecule has 0 unspecified atom stereocenters. The third-order valence-electron chi connectivity index (χ3n) is 2.44. The Morgan fingerprint density at radius 1 is 1.13 bits per heavy atom. The molecule has 0 aromatic heterocycles.